The number of nitrogens with two attached hydrogens (primary N) is 1. The third-order valence-corrected chi connectivity index (χ3v) is 4.62. The van der Waals surface area contributed by atoms with Gasteiger partial charge in [0, 0.05) is 5.69 Å². The van der Waals surface area contributed by atoms with E-state index in [1.807, 2.05) is 54.6 Å². The van der Waals surface area contributed by atoms with Crippen molar-refractivity contribution in [1.82, 2.24) is 0 Å². The Labute approximate surface area is 181 Å². The lowest BCUT2D eigenvalue weighted by atomic mass is 10.2. The van der Waals surface area contributed by atoms with E-state index in [9.17, 15) is 0 Å². The third-order valence-electron chi connectivity index (χ3n) is 4.32. The molecule has 0 aliphatic rings. The average Bonchev–Trinajstić information content (AvgIpc) is 2.77. The molecular formula is C23H24ClN3O3. The van der Waals surface area contributed by atoms with Gasteiger partial charge < -0.3 is 25.3 Å². The molecule has 0 aliphatic heterocycles. The summed E-state index contributed by atoms with van der Waals surface area (Å²) in [6.07, 6.45) is 0. The van der Waals surface area contributed by atoms with Crippen LogP contribution in [0, 0.1) is 0 Å². The van der Waals surface area contributed by atoms with Crippen LogP contribution in [0.2, 0.25) is 5.02 Å². The molecule has 3 rings (SSSR count). The van der Waals surface area contributed by atoms with Crippen LogP contribution < -0.4 is 25.3 Å². The topological polar surface area (TPSA) is 78.1 Å². The van der Waals surface area contributed by atoms with Gasteiger partial charge in [-0.3, -0.25) is 0 Å². The number of guanidine groups is 1. The van der Waals surface area contributed by atoms with Crippen LogP contribution in [0.15, 0.2) is 71.7 Å². The smallest absolute Gasteiger partial charge is 0.193 e. The average molecular weight is 426 g/mol. The van der Waals surface area contributed by atoms with Gasteiger partial charge in [0.25, 0.3) is 0 Å². The molecular weight excluding hydrogens is 402 g/mol. The van der Waals surface area contributed by atoms with E-state index < -0.39 is 0 Å². The first-order chi connectivity index (χ1) is 14.6. The van der Waals surface area contributed by atoms with Gasteiger partial charge in [-0.2, -0.15) is 0 Å². The largest absolute Gasteiger partial charge is 0.495 e. The number of aliphatic imine (C=N–C) groups is 1. The van der Waals surface area contributed by atoms with E-state index >= 15 is 0 Å². The molecule has 3 aromatic carbocycles. The first-order valence-corrected chi connectivity index (χ1v) is 9.71. The predicted molar refractivity (Wildman–Crippen MR) is 121 cm³/mol. The maximum atomic E-state index is 6.13. The van der Waals surface area contributed by atoms with Crippen LogP contribution in [0.1, 0.15) is 11.1 Å². The fourth-order valence-electron chi connectivity index (χ4n) is 2.77. The standard InChI is InChI=1S/C23H24ClN3O3/c1-28-20-11-9-18(13-19(20)24)27-23(25)26-14-17-8-10-21(22(12-17)29-2)30-15-16-6-4-3-5-7-16/h3-13H,14-15H2,1-2H3,(H3,25,26,27). The highest BCUT2D eigenvalue weighted by Crippen LogP contribution is 2.29. The first-order valence-electron chi connectivity index (χ1n) is 9.33. The Morgan fingerprint density at radius 3 is 2.33 bits per heavy atom. The highest BCUT2D eigenvalue weighted by atomic mass is 35.5. The summed E-state index contributed by atoms with van der Waals surface area (Å²) in [7, 11) is 3.18. The molecule has 0 bridgehead atoms. The fraction of sp³-hybridized carbons (Fsp3) is 0.174. The minimum absolute atomic E-state index is 0.277. The Balaban J connectivity index is 1.62. The number of benzene rings is 3. The molecule has 0 radical (unpaired) electrons. The SMILES string of the molecule is COc1ccc(NC(N)=NCc2ccc(OCc3ccccc3)c(OC)c2)cc1Cl. The monoisotopic (exact) mass is 425 g/mol. The van der Waals surface area contributed by atoms with Crippen molar-refractivity contribution in [3.8, 4) is 17.2 Å². The molecule has 156 valence electrons. The summed E-state index contributed by atoms with van der Waals surface area (Å²) in [5, 5.41) is 3.51. The first kappa shape index (κ1) is 21.3. The number of hydrogen-bond acceptors (Lipinski definition) is 4. The number of halogens is 1. The van der Waals surface area contributed by atoms with Gasteiger partial charge >= 0.3 is 0 Å². The van der Waals surface area contributed by atoms with Gasteiger partial charge in [-0.25, -0.2) is 4.99 Å². The van der Waals surface area contributed by atoms with Crippen LogP contribution >= 0.6 is 11.6 Å². The molecule has 0 fully saturated rings. The Morgan fingerprint density at radius 1 is 0.900 bits per heavy atom. The van der Waals surface area contributed by atoms with Crippen LogP contribution in [0.4, 0.5) is 5.69 Å². The molecule has 3 aromatic rings. The van der Waals surface area contributed by atoms with Crippen molar-refractivity contribution in [2.45, 2.75) is 13.2 Å². The van der Waals surface area contributed by atoms with Crippen molar-refractivity contribution in [3.05, 3.63) is 82.9 Å². The lowest BCUT2D eigenvalue weighted by Gasteiger charge is -2.12. The second-order valence-electron chi connectivity index (χ2n) is 6.44. The molecule has 7 heteroatoms. The number of hydrogen-bond donors (Lipinski definition) is 2. The molecule has 0 aliphatic carbocycles. The van der Waals surface area contributed by atoms with Gasteiger partial charge in [0.2, 0.25) is 0 Å². The minimum Gasteiger partial charge on any atom is -0.495 e. The van der Waals surface area contributed by atoms with Gasteiger partial charge in [-0.1, -0.05) is 48.0 Å². The Hall–Kier alpha value is -3.38. The van der Waals surface area contributed by atoms with Gasteiger partial charge in [0.05, 0.1) is 25.8 Å². The lowest BCUT2D eigenvalue weighted by molar-refractivity contribution is 0.284. The van der Waals surface area contributed by atoms with E-state index in [2.05, 4.69) is 10.3 Å². The number of methoxy groups -OCH3 is 2. The predicted octanol–water partition coefficient (Wildman–Crippen LogP) is 4.86. The molecule has 0 amide bonds. The molecule has 0 unspecified atom stereocenters. The molecule has 0 saturated carbocycles. The zero-order valence-corrected chi connectivity index (χ0v) is 17.6. The summed E-state index contributed by atoms with van der Waals surface area (Å²) in [5.74, 6) is 2.19. The molecule has 3 N–H and O–H groups in total. The second-order valence-corrected chi connectivity index (χ2v) is 6.84. The van der Waals surface area contributed by atoms with Crippen LogP contribution in [0.25, 0.3) is 0 Å². The minimum atomic E-state index is 0.277. The number of ether oxygens (including phenoxy) is 3. The van der Waals surface area contributed by atoms with Gasteiger partial charge in [-0.05, 0) is 41.5 Å². The van der Waals surface area contributed by atoms with Crippen molar-refractivity contribution in [3.63, 3.8) is 0 Å². The molecule has 6 nitrogen and oxygen atoms in total. The summed E-state index contributed by atoms with van der Waals surface area (Å²) < 4.78 is 16.5. The Kier molecular flexibility index (Phi) is 7.40. The second kappa shape index (κ2) is 10.4. The van der Waals surface area contributed by atoms with E-state index in [0.717, 1.165) is 16.8 Å². The molecule has 0 saturated heterocycles. The van der Waals surface area contributed by atoms with E-state index in [1.165, 1.54) is 0 Å². The summed E-state index contributed by atoms with van der Waals surface area (Å²) in [6, 6.07) is 21.0. The van der Waals surface area contributed by atoms with E-state index in [0.29, 0.717) is 35.4 Å². The maximum absolute atomic E-state index is 6.13. The van der Waals surface area contributed by atoms with E-state index in [-0.39, 0.29) is 5.96 Å². The maximum Gasteiger partial charge on any atom is 0.193 e. The third kappa shape index (κ3) is 5.81. The quantitative estimate of drug-likeness (QED) is 0.398. The normalized spacial score (nSPS) is 11.1. The zero-order chi connectivity index (χ0) is 21.3. The molecule has 0 spiro atoms. The van der Waals surface area contributed by atoms with Crippen LogP contribution in [-0.2, 0) is 13.2 Å². The number of rotatable bonds is 8. The summed E-state index contributed by atoms with van der Waals surface area (Å²) in [5.41, 5.74) is 8.75. The Bertz CT molecular complexity index is 1010. The van der Waals surface area contributed by atoms with Crippen LogP contribution in [-0.4, -0.2) is 20.2 Å². The van der Waals surface area contributed by atoms with Crippen LogP contribution in [0.5, 0.6) is 17.2 Å². The van der Waals surface area contributed by atoms with Crippen LogP contribution in [0.3, 0.4) is 0 Å². The molecule has 0 atom stereocenters. The highest BCUT2D eigenvalue weighted by Gasteiger charge is 2.07. The van der Waals surface area contributed by atoms with Gasteiger partial charge in [0.15, 0.2) is 17.5 Å². The fourth-order valence-corrected chi connectivity index (χ4v) is 3.03. The van der Waals surface area contributed by atoms with E-state index in [1.54, 1.807) is 26.4 Å². The summed E-state index contributed by atoms with van der Waals surface area (Å²) in [4.78, 5) is 4.37. The summed E-state index contributed by atoms with van der Waals surface area (Å²) in [6.45, 7) is 0.855. The van der Waals surface area contributed by atoms with Gasteiger partial charge in [0.1, 0.15) is 12.4 Å². The van der Waals surface area contributed by atoms with Crippen molar-refractivity contribution in [2.24, 2.45) is 10.7 Å². The van der Waals surface area contributed by atoms with Crippen molar-refractivity contribution in [1.29, 1.82) is 0 Å². The Morgan fingerprint density at radius 2 is 1.63 bits per heavy atom. The number of anilines is 1. The molecule has 0 aromatic heterocycles. The van der Waals surface area contributed by atoms with Crippen molar-refractivity contribution in [2.75, 3.05) is 19.5 Å². The zero-order valence-electron chi connectivity index (χ0n) is 16.9. The number of nitrogens with one attached hydrogen (secondary N) is 1. The molecule has 30 heavy (non-hydrogen) atoms. The van der Waals surface area contributed by atoms with Crippen molar-refractivity contribution >= 4 is 23.2 Å². The molecule has 0 heterocycles. The van der Waals surface area contributed by atoms with E-state index in [4.69, 9.17) is 31.5 Å². The number of nitrogens with zero attached hydrogens (tertiary/aromatic N) is 1. The lowest BCUT2D eigenvalue weighted by Crippen LogP contribution is -2.22. The van der Waals surface area contributed by atoms with Crippen molar-refractivity contribution < 1.29 is 14.2 Å². The van der Waals surface area contributed by atoms with Gasteiger partial charge in [-0.15, -0.1) is 0 Å². The highest BCUT2D eigenvalue weighted by molar-refractivity contribution is 6.32. The summed E-state index contributed by atoms with van der Waals surface area (Å²) >= 11 is 6.13.